The average molecular weight is 116 g/mol. The van der Waals surface area contributed by atoms with Gasteiger partial charge in [-0.25, -0.2) is 10.0 Å². The van der Waals surface area contributed by atoms with Crippen LogP contribution in [0.5, 0.6) is 0 Å². The molecule has 0 bridgehead atoms. The van der Waals surface area contributed by atoms with Gasteiger partial charge in [-0.3, -0.25) is 9.59 Å². The second-order valence-corrected chi connectivity index (χ2v) is 1.44. The molecule has 46 valence electrons. The molecule has 0 aromatic heterocycles. The lowest BCUT2D eigenvalue weighted by molar-refractivity contribution is -0.142. The fourth-order valence-electron chi connectivity index (χ4n) is 0.213. The molecule has 0 rings (SSSR count). The normalized spacial score (nSPS) is 8.88. The van der Waals surface area contributed by atoms with E-state index in [4.69, 9.17) is 0 Å². The zero-order valence-electron chi connectivity index (χ0n) is 4.87. The molecule has 0 aliphatic heterocycles. The summed E-state index contributed by atoms with van der Waals surface area (Å²) in [5, 5.41) is 2.26. The third-order valence-corrected chi connectivity index (χ3v) is 0.678. The molecule has 0 saturated heterocycles. The van der Waals surface area contributed by atoms with Crippen molar-refractivity contribution in [3.05, 3.63) is 0 Å². The first-order valence-corrected chi connectivity index (χ1v) is 2.08. The topological polar surface area (TPSA) is 40.6 Å². The Kier molecular flexibility index (Phi) is 2.79. The molecule has 0 radical (unpaired) electrons. The number of amides is 2. The molecular weight excluding hydrogens is 108 g/mol. The van der Waals surface area contributed by atoms with Crippen molar-refractivity contribution in [1.29, 1.82) is 0 Å². The van der Waals surface area contributed by atoms with Crippen molar-refractivity contribution in [2.45, 2.75) is 0 Å². The number of hydrazine groups is 1. The summed E-state index contributed by atoms with van der Waals surface area (Å²) >= 11 is 0. The minimum absolute atomic E-state index is 0.438. The highest BCUT2D eigenvalue weighted by molar-refractivity contribution is 5.67. The van der Waals surface area contributed by atoms with Crippen LogP contribution in [0.15, 0.2) is 0 Å². The van der Waals surface area contributed by atoms with Gasteiger partial charge in [0.15, 0.2) is 0 Å². The molecule has 0 N–H and O–H groups in total. The van der Waals surface area contributed by atoms with Gasteiger partial charge in [0, 0.05) is 14.1 Å². The van der Waals surface area contributed by atoms with Crippen LogP contribution in [0.3, 0.4) is 0 Å². The van der Waals surface area contributed by atoms with E-state index < -0.39 is 0 Å². The minimum Gasteiger partial charge on any atom is -0.277 e. The molecule has 0 atom stereocenters. The van der Waals surface area contributed by atoms with Crippen LogP contribution >= 0.6 is 0 Å². The average Bonchev–Trinajstić information content (AvgIpc) is 1.69. The summed E-state index contributed by atoms with van der Waals surface area (Å²) in [6.07, 6.45) is 0.875. The van der Waals surface area contributed by atoms with Crippen LogP contribution < -0.4 is 0 Å². The number of rotatable bonds is 3. The molecule has 0 aliphatic carbocycles. The van der Waals surface area contributed by atoms with E-state index in [1.165, 1.54) is 5.01 Å². The highest BCUT2D eigenvalue weighted by atomic mass is 16.2. The predicted octanol–water partition coefficient (Wildman–Crippen LogP) is -0.922. The summed E-state index contributed by atoms with van der Waals surface area (Å²) in [6.45, 7) is 0. The Morgan fingerprint density at radius 1 is 1.12 bits per heavy atom. The van der Waals surface area contributed by atoms with Crippen molar-refractivity contribution in [1.82, 2.24) is 10.0 Å². The fourth-order valence-corrected chi connectivity index (χ4v) is 0.213. The zero-order chi connectivity index (χ0) is 6.57. The standard InChI is InChI=1S/C4H8N2O2/c1-5(2)6(3-7)4-8/h3-4H,1-2H3. The maximum atomic E-state index is 9.83. The van der Waals surface area contributed by atoms with E-state index in [1.807, 2.05) is 0 Å². The van der Waals surface area contributed by atoms with E-state index in [0.717, 1.165) is 5.01 Å². The molecule has 2 amide bonds. The summed E-state index contributed by atoms with van der Waals surface area (Å²) in [5.74, 6) is 0. The van der Waals surface area contributed by atoms with Crippen LogP contribution in [0.2, 0.25) is 0 Å². The predicted molar refractivity (Wildman–Crippen MR) is 27.7 cm³/mol. The molecule has 0 aliphatic rings. The van der Waals surface area contributed by atoms with Gasteiger partial charge < -0.3 is 0 Å². The summed E-state index contributed by atoms with van der Waals surface area (Å²) in [4.78, 5) is 19.7. The summed E-state index contributed by atoms with van der Waals surface area (Å²) in [5.41, 5.74) is 0. The highest BCUT2D eigenvalue weighted by Crippen LogP contribution is 1.76. The third-order valence-electron chi connectivity index (χ3n) is 0.678. The van der Waals surface area contributed by atoms with Crippen LogP contribution in [-0.2, 0) is 9.59 Å². The SMILES string of the molecule is CN(C)N(C=O)C=O. The van der Waals surface area contributed by atoms with E-state index in [9.17, 15) is 9.59 Å². The molecule has 0 heterocycles. The van der Waals surface area contributed by atoms with Gasteiger partial charge >= 0.3 is 0 Å². The van der Waals surface area contributed by atoms with Crippen LogP contribution in [0.1, 0.15) is 0 Å². The largest absolute Gasteiger partial charge is 0.277 e. The quantitative estimate of drug-likeness (QED) is 0.353. The molecule has 0 aromatic carbocycles. The van der Waals surface area contributed by atoms with Gasteiger partial charge in [-0.2, -0.15) is 0 Å². The molecule has 0 spiro atoms. The van der Waals surface area contributed by atoms with Gasteiger partial charge in [0.25, 0.3) is 0 Å². The first kappa shape index (κ1) is 7.10. The summed E-state index contributed by atoms with van der Waals surface area (Å²) in [7, 11) is 3.20. The second-order valence-electron chi connectivity index (χ2n) is 1.44. The lowest BCUT2D eigenvalue weighted by Crippen LogP contribution is -2.34. The molecular formula is C4H8N2O2. The maximum absolute atomic E-state index is 9.83. The van der Waals surface area contributed by atoms with Crippen LogP contribution in [0, 0.1) is 0 Å². The van der Waals surface area contributed by atoms with Crippen molar-refractivity contribution in [3.8, 4) is 0 Å². The van der Waals surface area contributed by atoms with E-state index >= 15 is 0 Å². The van der Waals surface area contributed by atoms with Gasteiger partial charge in [0.1, 0.15) is 0 Å². The fraction of sp³-hybridized carbons (Fsp3) is 0.500. The van der Waals surface area contributed by atoms with Crippen LogP contribution in [-0.4, -0.2) is 36.9 Å². The molecule has 4 heteroatoms. The Morgan fingerprint density at radius 2 is 1.50 bits per heavy atom. The molecule has 0 aromatic rings. The van der Waals surface area contributed by atoms with Gasteiger partial charge in [-0.1, -0.05) is 0 Å². The number of hydrogen-bond donors (Lipinski definition) is 0. The monoisotopic (exact) mass is 116 g/mol. The van der Waals surface area contributed by atoms with Crippen LogP contribution in [0.4, 0.5) is 0 Å². The van der Waals surface area contributed by atoms with E-state index in [1.54, 1.807) is 14.1 Å². The molecule has 0 fully saturated rings. The van der Waals surface area contributed by atoms with E-state index in [-0.39, 0.29) is 0 Å². The number of carbonyl (C=O) groups is 2. The van der Waals surface area contributed by atoms with Crippen molar-refractivity contribution >= 4 is 12.8 Å². The lowest BCUT2D eigenvalue weighted by Gasteiger charge is -2.15. The zero-order valence-corrected chi connectivity index (χ0v) is 4.87. The third kappa shape index (κ3) is 1.70. The Hall–Kier alpha value is -0.900. The molecule has 0 unspecified atom stereocenters. The van der Waals surface area contributed by atoms with Gasteiger partial charge in [-0.05, 0) is 0 Å². The van der Waals surface area contributed by atoms with Gasteiger partial charge in [0.05, 0.1) is 0 Å². The minimum atomic E-state index is 0.438. The Morgan fingerprint density at radius 3 is 1.50 bits per heavy atom. The number of nitrogens with zero attached hydrogens (tertiary/aromatic N) is 2. The molecule has 8 heavy (non-hydrogen) atoms. The van der Waals surface area contributed by atoms with E-state index in [2.05, 4.69) is 0 Å². The Labute approximate surface area is 47.6 Å². The van der Waals surface area contributed by atoms with Crippen molar-refractivity contribution in [2.75, 3.05) is 14.1 Å². The first-order chi connectivity index (χ1) is 3.72. The first-order valence-electron chi connectivity index (χ1n) is 2.08. The van der Waals surface area contributed by atoms with Crippen molar-refractivity contribution < 1.29 is 9.59 Å². The summed E-state index contributed by atoms with van der Waals surface area (Å²) in [6, 6.07) is 0. The van der Waals surface area contributed by atoms with Gasteiger partial charge in [0.2, 0.25) is 12.8 Å². The molecule has 4 nitrogen and oxygen atoms in total. The number of hydrogen-bond acceptors (Lipinski definition) is 3. The highest BCUT2D eigenvalue weighted by Gasteiger charge is 1.97. The Bertz CT molecular complexity index is 84.0. The smallest absolute Gasteiger partial charge is 0.230 e. The van der Waals surface area contributed by atoms with E-state index in [0.29, 0.717) is 12.8 Å². The van der Waals surface area contributed by atoms with Crippen LogP contribution in [0.25, 0.3) is 0 Å². The van der Waals surface area contributed by atoms with Gasteiger partial charge in [-0.15, -0.1) is 0 Å². The second kappa shape index (κ2) is 3.15. The summed E-state index contributed by atoms with van der Waals surface area (Å²) < 4.78 is 0. The molecule has 0 saturated carbocycles. The van der Waals surface area contributed by atoms with Crippen molar-refractivity contribution in [2.24, 2.45) is 0 Å². The number of carbonyl (C=O) groups excluding carboxylic acids is 2. The maximum Gasteiger partial charge on any atom is 0.230 e. The van der Waals surface area contributed by atoms with Crippen molar-refractivity contribution in [3.63, 3.8) is 0 Å². The Balaban J connectivity index is 3.68. The lowest BCUT2D eigenvalue weighted by atomic mass is 11.0. The number of imide groups is 1.